The molecule has 2 heterocycles. The van der Waals surface area contributed by atoms with Gasteiger partial charge in [0.1, 0.15) is 5.69 Å². The Kier molecular flexibility index (Phi) is 4.97. The van der Waals surface area contributed by atoms with Crippen LogP contribution in [0, 0.1) is 0 Å². The number of nitrogens with zero attached hydrogens (tertiary/aromatic N) is 2. The summed E-state index contributed by atoms with van der Waals surface area (Å²) in [6.07, 6.45) is 11.2. The zero-order valence-electron chi connectivity index (χ0n) is 12.7. The van der Waals surface area contributed by atoms with Gasteiger partial charge in [-0.05, 0) is 37.3 Å². The first-order valence-corrected chi connectivity index (χ1v) is 8.54. The van der Waals surface area contributed by atoms with Crippen LogP contribution >= 0.6 is 11.3 Å². The lowest BCUT2D eigenvalue weighted by Crippen LogP contribution is -2.41. The standard InChI is InChI=1S/C16H18N4O2S/c21-15(12-10-17-7-8-18-12)19-20-16(22)14-9-11-5-3-1-2-4-6-13(11)23-14/h7-10H,1-6H2,(H,19,21)(H,20,22). The molecule has 0 aromatic carbocycles. The van der Waals surface area contributed by atoms with Gasteiger partial charge in [-0.3, -0.25) is 25.4 Å². The van der Waals surface area contributed by atoms with Gasteiger partial charge < -0.3 is 0 Å². The molecule has 0 radical (unpaired) electrons. The molecule has 6 nitrogen and oxygen atoms in total. The number of nitrogens with one attached hydrogen (secondary N) is 2. The predicted octanol–water partition coefficient (Wildman–Crippen LogP) is 2.27. The first-order valence-electron chi connectivity index (χ1n) is 7.72. The summed E-state index contributed by atoms with van der Waals surface area (Å²) in [7, 11) is 0. The molecule has 0 aliphatic heterocycles. The van der Waals surface area contributed by atoms with Gasteiger partial charge in [-0.15, -0.1) is 11.3 Å². The number of rotatable bonds is 2. The normalized spacial score (nSPS) is 14.3. The zero-order chi connectivity index (χ0) is 16.1. The van der Waals surface area contributed by atoms with E-state index in [0.29, 0.717) is 4.88 Å². The maximum absolute atomic E-state index is 12.2. The van der Waals surface area contributed by atoms with E-state index in [9.17, 15) is 9.59 Å². The molecule has 0 bridgehead atoms. The van der Waals surface area contributed by atoms with E-state index >= 15 is 0 Å². The van der Waals surface area contributed by atoms with Crippen molar-refractivity contribution in [2.24, 2.45) is 0 Å². The Hall–Kier alpha value is -2.28. The van der Waals surface area contributed by atoms with Crippen LogP contribution in [0.15, 0.2) is 24.7 Å². The number of aryl methyl sites for hydroxylation is 2. The highest BCUT2D eigenvalue weighted by atomic mass is 32.1. The Labute approximate surface area is 138 Å². The van der Waals surface area contributed by atoms with Crippen LogP contribution in [0.25, 0.3) is 0 Å². The zero-order valence-corrected chi connectivity index (χ0v) is 13.5. The third-order valence-corrected chi connectivity index (χ3v) is 5.04. The second-order valence-corrected chi connectivity index (χ2v) is 6.61. The molecule has 1 aliphatic rings. The second-order valence-electron chi connectivity index (χ2n) is 5.47. The minimum atomic E-state index is -0.485. The average Bonchev–Trinajstić information content (AvgIpc) is 2.95. The molecule has 0 atom stereocenters. The van der Waals surface area contributed by atoms with E-state index in [1.165, 1.54) is 66.1 Å². The van der Waals surface area contributed by atoms with Crippen LogP contribution in [0.2, 0.25) is 0 Å². The summed E-state index contributed by atoms with van der Waals surface area (Å²) in [5.41, 5.74) is 6.25. The molecule has 1 aliphatic carbocycles. The van der Waals surface area contributed by atoms with Crippen molar-refractivity contribution in [1.82, 2.24) is 20.8 Å². The lowest BCUT2D eigenvalue weighted by atomic mass is 10.00. The fourth-order valence-corrected chi connectivity index (χ4v) is 3.76. The van der Waals surface area contributed by atoms with Gasteiger partial charge in [-0.25, -0.2) is 4.98 Å². The molecule has 0 saturated heterocycles. The van der Waals surface area contributed by atoms with Crippen LogP contribution in [0.3, 0.4) is 0 Å². The van der Waals surface area contributed by atoms with Crippen molar-refractivity contribution in [2.45, 2.75) is 38.5 Å². The summed E-state index contributed by atoms with van der Waals surface area (Å²) < 4.78 is 0. The maximum Gasteiger partial charge on any atom is 0.289 e. The highest BCUT2D eigenvalue weighted by molar-refractivity contribution is 7.14. The van der Waals surface area contributed by atoms with Gasteiger partial charge in [0.2, 0.25) is 0 Å². The van der Waals surface area contributed by atoms with Crippen LogP contribution in [0.1, 0.15) is 56.3 Å². The van der Waals surface area contributed by atoms with Gasteiger partial charge in [0, 0.05) is 17.3 Å². The summed E-state index contributed by atoms with van der Waals surface area (Å²) in [5.74, 6) is -0.777. The number of hydrogen-bond donors (Lipinski definition) is 2. The lowest BCUT2D eigenvalue weighted by molar-refractivity contribution is 0.0846. The van der Waals surface area contributed by atoms with Gasteiger partial charge in [0.15, 0.2) is 0 Å². The van der Waals surface area contributed by atoms with Crippen molar-refractivity contribution in [3.05, 3.63) is 45.7 Å². The number of aromatic nitrogens is 2. The minimum Gasteiger partial charge on any atom is -0.266 e. The topological polar surface area (TPSA) is 84.0 Å². The van der Waals surface area contributed by atoms with E-state index in [2.05, 4.69) is 20.8 Å². The fourth-order valence-electron chi connectivity index (χ4n) is 2.61. The monoisotopic (exact) mass is 330 g/mol. The van der Waals surface area contributed by atoms with Crippen LogP contribution in [-0.2, 0) is 12.8 Å². The highest BCUT2D eigenvalue weighted by Gasteiger charge is 2.16. The van der Waals surface area contributed by atoms with Gasteiger partial charge in [-0.2, -0.15) is 0 Å². The molecule has 2 aromatic rings. The lowest BCUT2D eigenvalue weighted by Gasteiger charge is -2.07. The van der Waals surface area contributed by atoms with Gasteiger partial charge in [0.05, 0.1) is 11.1 Å². The number of hydrogen-bond acceptors (Lipinski definition) is 5. The molecule has 120 valence electrons. The van der Waals surface area contributed by atoms with E-state index in [4.69, 9.17) is 0 Å². The molecule has 0 unspecified atom stereocenters. The summed E-state index contributed by atoms with van der Waals surface area (Å²) in [6, 6.07) is 1.95. The summed E-state index contributed by atoms with van der Waals surface area (Å²) in [6.45, 7) is 0. The SMILES string of the molecule is O=C(NNC(=O)c1cc2c(s1)CCCCCC2)c1cnccn1. The maximum atomic E-state index is 12.2. The first-order chi connectivity index (χ1) is 11.2. The van der Waals surface area contributed by atoms with Gasteiger partial charge in [0.25, 0.3) is 11.8 Å². The fraction of sp³-hybridized carbons (Fsp3) is 0.375. The van der Waals surface area contributed by atoms with Crippen molar-refractivity contribution in [3.8, 4) is 0 Å². The van der Waals surface area contributed by atoms with Crippen molar-refractivity contribution in [2.75, 3.05) is 0 Å². The number of hydrazine groups is 1. The second kappa shape index (κ2) is 7.32. The van der Waals surface area contributed by atoms with Crippen LogP contribution in [0.5, 0.6) is 0 Å². The number of fused-ring (bicyclic) bond motifs is 1. The largest absolute Gasteiger partial charge is 0.289 e. The predicted molar refractivity (Wildman–Crippen MR) is 87.2 cm³/mol. The number of amides is 2. The van der Waals surface area contributed by atoms with E-state index in [1.807, 2.05) is 6.07 Å². The van der Waals surface area contributed by atoms with E-state index in [-0.39, 0.29) is 11.6 Å². The summed E-state index contributed by atoms with van der Waals surface area (Å²) in [4.78, 5) is 33.7. The highest BCUT2D eigenvalue weighted by Crippen LogP contribution is 2.28. The van der Waals surface area contributed by atoms with Gasteiger partial charge >= 0.3 is 0 Å². The quantitative estimate of drug-likeness (QED) is 0.827. The third kappa shape index (κ3) is 3.92. The molecule has 0 saturated carbocycles. The molecule has 0 fully saturated rings. The van der Waals surface area contributed by atoms with E-state index in [0.717, 1.165) is 12.8 Å². The molecule has 7 heteroatoms. The molecular formula is C16H18N4O2S. The molecule has 0 spiro atoms. The third-order valence-electron chi connectivity index (χ3n) is 3.81. The van der Waals surface area contributed by atoms with Crippen LogP contribution in [0.4, 0.5) is 0 Å². The van der Waals surface area contributed by atoms with Crippen LogP contribution < -0.4 is 10.9 Å². The Morgan fingerprint density at radius 1 is 1.00 bits per heavy atom. The number of carbonyl (C=O) groups excluding carboxylic acids is 2. The molecule has 2 N–H and O–H groups in total. The van der Waals surface area contributed by atoms with Crippen molar-refractivity contribution in [3.63, 3.8) is 0 Å². The molecule has 3 rings (SSSR count). The average molecular weight is 330 g/mol. The Balaban J connectivity index is 1.62. The first kappa shape index (κ1) is 15.6. The van der Waals surface area contributed by atoms with Crippen molar-refractivity contribution in [1.29, 1.82) is 0 Å². The van der Waals surface area contributed by atoms with E-state index < -0.39 is 5.91 Å². The summed E-state index contributed by atoms with van der Waals surface area (Å²) in [5, 5.41) is 0. The summed E-state index contributed by atoms with van der Waals surface area (Å²) >= 11 is 1.52. The van der Waals surface area contributed by atoms with E-state index in [1.54, 1.807) is 0 Å². The minimum absolute atomic E-state index is 0.159. The smallest absolute Gasteiger partial charge is 0.266 e. The Bertz CT molecular complexity index is 674. The number of carbonyl (C=O) groups is 2. The molecule has 2 amide bonds. The molecular weight excluding hydrogens is 312 g/mol. The molecule has 23 heavy (non-hydrogen) atoms. The Morgan fingerprint density at radius 3 is 2.57 bits per heavy atom. The van der Waals surface area contributed by atoms with Crippen LogP contribution in [-0.4, -0.2) is 21.8 Å². The van der Waals surface area contributed by atoms with Crippen molar-refractivity contribution >= 4 is 23.2 Å². The van der Waals surface area contributed by atoms with Crippen molar-refractivity contribution < 1.29 is 9.59 Å². The number of thiophene rings is 1. The Morgan fingerprint density at radius 2 is 1.78 bits per heavy atom. The molecule has 2 aromatic heterocycles. The van der Waals surface area contributed by atoms with Gasteiger partial charge in [-0.1, -0.05) is 12.8 Å².